The van der Waals surface area contributed by atoms with E-state index in [0.717, 1.165) is 34.5 Å². The standard InChI is InChI=1S/C100H151ClN16O31/c1-76-67-86(106-82-14-12-81(101)13-15-82)85-68-80(11-16-87(85)117(76)77(2)118)78-7-9-79(10-8-78)96(121)104-20-23-127-26-29-130-32-35-133-38-41-136-44-45-137-42-39-134-36-33-131-30-27-128-24-21-105-98(123)89-70-84(72-114(89)4)108-99(124)94-111-90(73-115(94)5)109-92(119)17-19-103-97(122)88-69-83(71-113(88)3)107-100(125)95-112-91(74-116(95)6)110-93(120)75-148-66-65-147-64-63-146-62-61-145-60-59-144-58-57-143-56-55-142-54-53-141-52-51-140-50-49-139-48-47-138-46-43-135-40-37-132-34-31-129-28-25-126-22-18-102/h7-16,68-74,76,86,106H,17-67,75,102H2,1-6H3,(H,103,122)(H,104,121)(H,105,123)(H,107,125)(H,108,124)(H,109,119)(H,110,120)/t76-,86+/m0/s1. The molecule has 7 aromatic rings. The molecular formula is C100H151ClN16O31. The highest BCUT2D eigenvalue weighted by molar-refractivity contribution is 6.30. The van der Waals surface area contributed by atoms with Crippen LogP contribution in [0.1, 0.15) is 90.9 Å². The highest BCUT2D eigenvalue weighted by Gasteiger charge is 2.33. The minimum atomic E-state index is -0.619. The molecule has 0 saturated heterocycles. The quantitative estimate of drug-likeness (QED) is 0.0222. The molecule has 0 saturated carbocycles. The second-order valence-corrected chi connectivity index (χ2v) is 33.4. The van der Waals surface area contributed by atoms with Crippen molar-refractivity contribution in [2.75, 3.05) is 362 Å². The Morgan fingerprint density at radius 3 is 1.01 bits per heavy atom. The van der Waals surface area contributed by atoms with Crippen LogP contribution in [0.2, 0.25) is 5.02 Å². The fraction of sp³-hybridized carbons (Fsp3) is 0.600. The summed E-state index contributed by atoms with van der Waals surface area (Å²) in [4.78, 5) is 115. The van der Waals surface area contributed by atoms with Crippen molar-refractivity contribution >= 4 is 93.2 Å². The number of hydrogen-bond acceptors (Lipinski definition) is 35. The van der Waals surface area contributed by atoms with E-state index in [-0.39, 0.29) is 110 Å². The number of anilines is 6. The molecule has 10 N–H and O–H groups in total. The van der Waals surface area contributed by atoms with Crippen LogP contribution in [0.15, 0.2) is 104 Å². The Kier molecular flexibility index (Phi) is 63.1. The number of rotatable bonds is 88. The fourth-order valence-corrected chi connectivity index (χ4v) is 14.3. The van der Waals surface area contributed by atoms with E-state index in [4.69, 9.17) is 126 Å². The van der Waals surface area contributed by atoms with Gasteiger partial charge in [-0.25, -0.2) is 9.97 Å². The smallest absolute Gasteiger partial charge is 0.291 e. The number of carbonyl (C=O) groups is 8. The summed E-state index contributed by atoms with van der Waals surface area (Å²) < 4.78 is 133. The first-order valence-corrected chi connectivity index (χ1v) is 50.1. The van der Waals surface area contributed by atoms with Crippen molar-refractivity contribution in [3.8, 4) is 11.1 Å². The van der Waals surface area contributed by atoms with E-state index in [1.807, 2.05) is 53.4 Å². The summed E-state index contributed by atoms with van der Waals surface area (Å²) in [7, 11) is 6.42. The summed E-state index contributed by atoms with van der Waals surface area (Å²) >= 11 is 6.15. The molecular weight excluding hydrogens is 1960 g/mol. The van der Waals surface area contributed by atoms with Gasteiger partial charge in [0.2, 0.25) is 23.5 Å². The van der Waals surface area contributed by atoms with Gasteiger partial charge in [0.1, 0.15) is 18.0 Å². The van der Waals surface area contributed by atoms with Gasteiger partial charge in [0.05, 0.1) is 315 Å². The zero-order valence-electron chi connectivity index (χ0n) is 86.0. The fourth-order valence-electron chi connectivity index (χ4n) is 14.2. The maximum atomic E-state index is 13.4. The average Bonchev–Trinajstić information content (AvgIpc) is 1.48. The first-order chi connectivity index (χ1) is 72.2. The van der Waals surface area contributed by atoms with Gasteiger partial charge in [0.25, 0.3) is 35.4 Å². The minimum Gasteiger partial charge on any atom is -0.378 e. The molecule has 1 aliphatic heterocycles. The van der Waals surface area contributed by atoms with Gasteiger partial charge in [0, 0.05) is 121 Å². The molecule has 824 valence electrons. The Bertz CT molecular complexity index is 4880. The second-order valence-electron chi connectivity index (χ2n) is 32.9. The summed E-state index contributed by atoms with van der Waals surface area (Å²) in [5.74, 6) is -3.22. The Hall–Kier alpha value is -10.5. The summed E-state index contributed by atoms with van der Waals surface area (Å²) in [6, 6.07) is 24.1. The maximum absolute atomic E-state index is 13.4. The van der Waals surface area contributed by atoms with Crippen LogP contribution in [0.3, 0.4) is 0 Å². The van der Waals surface area contributed by atoms with Gasteiger partial charge >= 0.3 is 0 Å². The number of nitrogens with zero attached hydrogens (tertiary/aromatic N) is 7. The number of carbonyl (C=O) groups excluding carboxylic acids is 8. The zero-order chi connectivity index (χ0) is 105. The lowest BCUT2D eigenvalue weighted by Crippen LogP contribution is -2.43. The Morgan fingerprint density at radius 1 is 0.338 bits per heavy atom. The number of imidazole rings is 2. The van der Waals surface area contributed by atoms with Crippen molar-refractivity contribution in [2.45, 2.75) is 38.8 Å². The molecule has 4 aromatic heterocycles. The van der Waals surface area contributed by atoms with Gasteiger partial charge < -0.3 is 180 Å². The van der Waals surface area contributed by atoms with E-state index in [9.17, 15) is 38.4 Å². The number of hydrogen-bond donors (Lipinski definition) is 9. The lowest BCUT2D eigenvalue weighted by atomic mass is 9.88. The van der Waals surface area contributed by atoms with Crippen LogP contribution in [-0.4, -0.2) is 412 Å². The SMILES string of the molecule is CC(=O)N1c2ccc(-c3ccc(C(=O)NCCOCCOCCOCCOCCOCCOCCOCCOCCNC(=O)c4cc(NC(=O)c5nc(NC(=O)CCNC(=O)c6cc(NC(=O)c7nc(NC(=O)COCCOCCOCCOCCOCCOCCOCCOCCOCCOCCOCCOCCOCCOCCOCCN)cn7C)cn6C)cn5C)cn4C)cc3)cc2[C@H](Nc2ccc(Cl)cc2)C[C@@H]1C. The predicted molar refractivity (Wildman–Crippen MR) is 547 cm³/mol. The maximum Gasteiger partial charge on any atom is 0.291 e. The largest absolute Gasteiger partial charge is 0.378 e. The highest BCUT2D eigenvalue weighted by atomic mass is 35.5. The molecule has 47 nitrogen and oxygen atoms in total. The molecule has 0 unspecified atom stereocenters. The molecule has 0 fully saturated rings. The third-order valence-corrected chi connectivity index (χ3v) is 21.6. The number of halogens is 1. The molecule has 148 heavy (non-hydrogen) atoms. The lowest BCUT2D eigenvalue weighted by Gasteiger charge is -2.39. The molecule has 8 rings (SSSR count). The molecule has 1 aliphatic rings. The van der Waals surface area contributed by atoms with Crippen molar-refractivity contribution in [3.05, 3.63) is 143 Å². The van der Waals surface area contributed by atoms with Gasteiger partial charge in [-0.3, -0.25) is 38.4 Å². The molecule has 0 spiro atoms. The minimum absolute atomic E-state index is 0.00690. The first-order valence-electron chi connectivity index (χ1n) is 49.8. The lowest BCUT2D eigenvalue weighted by molar-refractivity contribution is -0.121. The van der Waals surface area contributed by atoms with E-state index in [0.29, 0.717) is 307 Å². The molecule has 0 bridgehead atoms. The van der Waals surface area contributed by atoms with Crippen LogP contribution in [0, 0.1) is 0 Å². The van der Waals surface area contributed by atoms with E-state index in [2.05, 4.69) is 65.5 Å². The van der Waals surface area contributed by atoms with Crippen LogP contribution in [-0.2, 0) is 152 Å². The number of nitrogens with two attached hydrogens (primary N) is 1. The number of amides is 8. The average molecular weight is 2110 g/mol. The molecule has 48 heteroatoms. The summed E-state index contributed by atoms with van der Waals surface area (Å²) in [5.41, 5.74) is 11.7. The summed E-state index contributed by atoms with van der Waals surface area (Å²) in [6.07, 6.45) is 6.59. The molecule has 5 heterocycles. The van der Waals surface area contributed by atoms with Crippen molar-refractivity contribution < 1.29 is 147 Å². The van der Waals surface area contributed by atoms with Crippen LogP contribution in [0.5, 0.6) is 0 Å². The van der Waals surface area contributed by atoms with Crippen LogP contribution >= 0.6 is 11.6 Å². The molecule has 8 amide bonds. The van der Waals surface area contributed by atoms with Crippen molar-refractivity contribution in [3.63, 3.8) is 0 Å². The zero-order valence-corrected chi connectivity index (χ0v) is 86.7. The molecule has 3 aromatic carbocycles. The number of aromatic nitrogens is 6. The third kappa shape index (κ3) is 51.4. The van der Waals surface area contributed by atoms with Crippen molar-refractivity contribution in [1.29, 1.82) is 0 Å². The number of fused-ring (bicyclic) bond motifs is 1. The Morgan fingerprint density at radius 2 is 0.655 bits per heavy atom. The summed E-state index contributed by atoms with van der Waals surface area (Å²) in [6.45, 7) is 22.8. The van der Waals surface area contributed by atoms with E-state index < -0.39 is 35.4 Å². The van der Waals surface area contributed by atoms with Gasteiger partial charge in [0.15, 0.2) is 11.6 Å². The monoisotopic (exact) mass is 2110 g/mol. The number of benzene rings is 3. The molecule has 2 atom stereocenters. The number of aryl methyl sites for hydroxylation is 4. The number of ether oxygens (including phenoxy) is 23. The number of nitrogens with one attached hydrogen (secondary N) is 8. The van der Waals surface area contributed by atoms with E-state index >= 15 is 0 Å². The Labute approximate surface area is 868 Å². The van der Waals surface area contributed by atoms with Gasteiger partial charge in [-0.2, -0.15) is 0 Å². The second kappa shape index (κ2) is 76.1. The van der Waals surface area contributed by atoms with Gasteiger partial charge in [-0.15, -0.1) is 0 Å². The van der Waals surface area contributed by atoms with Crippen molar-refractivity contribution in [1.82, 2.24) is 44.2 Å². The predicted octanol–water partition coefficient (Wildman–Crippen LogP) is 5.15. The van der Waals surface area contributed by atoms with E-state index in [1.54, 1.807) is 58.0 Å². The highest BCUT2D eigenvalue weighted by Crippen LogP contribution is 2.42. The summed E-state index contributed by atoms with van der Waals surface area (Å²) in [5, 5.41) is 23.4. The molecule has 0 aliphatic carbocycles. The van der Waals surface area contributed by atoms with E-state index in [1.165, 1.54) is 44.4 Å². The molecule has 0 radical (unpaired) electrons. The third-order valence-electron chi connectivity index (χ3n) is 21.4. The van der Waals surface area contributed by atoms with Crippen LogP contribution in [0.4, 0.5) is 34.4 Å². The first kappa shape index (κ1) is 123. The van der Waals surface area contributed by atoms with Gasteiger partial charge in [-0.05, 0) is 90.7 Å². The van der Waals surface area contributed by atoms with Gasteiger partial charge in [-0.1, -0.05) is 29.8 Å². The normalized spacial score (nSPS) is 12.9. The van der Waals surface area contributed by atoms with Crippen molar-refractivity contribution in [2.24, 2.45) is 33.9 Å². The Balaban J connectivity index is 0.524. The van der Waals surface area contributed by atoms with Crippen LogP contribution < -0.4 is 53.2 Å². The topological polar surface area (TPSA) is 520 Å². The van der Waals surface area contributed by atoms with Crippen LogP contribution in [0.25, 0.3) is 11.1 Å².